The van der Waals surface area contributed by atoms with Gasteiger partial charge in [0.05, 0.1) is 28.5 Å². The smallest absolute Gasteiger partial charge is 0.276 e. The summed E-state index contributed by atoms with van der Waals surface area (Å²) in [6.45, 7) is 0. The predicted octanol–water partition coefficient (Wildman–Crippen LogP) is 2.57. The number of carbonyl (C=O) groups excluding carboxylic acids is 1. The first-order valence-corrected chi connectivity index (χ1v) is 10.0. The van der Waals surface area contributed by atoms with Gasteiger partial charge in [0.15, 0.2) is 0 Å². The van der Waals surface area contributed by atoms with Crippen molar-refractivity contribution in [3.05, 3.63) is 46.0 Å². The summed E-state index contributed by atoms with van der Waals surface area (Å²) in [5.74, 6) is -1.39. The van der Waals surface area contributed by atoms with E-state index in [0.29, 0.717) is 0 Å². The molecule has 2 aliphatic carbocycles. The van der Waals surface area contributed by atoms with Crippen LogP contribution in [0.15, 0.2) is 30.3 Å². The molecule has 2 aliphatic rings. The maximum atomic E-state index is 10.5. The fraction of sp³-hybridized carbons (Fsp3) is 0.571. The summed E-state index contributed by atoms with van der Waals surface area (Å²) in [5, 5.41) is 23.3. The Labute approximate surface area is 160 Å². The summed E-state index contributed by atoms with van der Waals surface area (Å²) in [4.78, 5) is 20.0. The van der Waals surface area contributed by atoms with Crippen molar-refractivity contribution < 1.29 is 20.1 Å². The first kappa shape index (κ1) is 21.1. The molecule has 27 heavy (non-hydrogen) atoms. The number of nitrogens with zero attached hydrogens (tertiary/aromatic N) is 1. The molecule has 0 heterocycles. The summed E-state index contributed by atoms with van der Waals surface area (Å²) in [6.07, 6.45) is 16.8. The number of aliphatic carboxylic acids is 1. The molecule has 3 rings (SSSR count). The first-order chi connectivity index (χ1) is 13.1. The van der Waals surface area contributed by atoms with Crippen LogP contribution in [0.4, 0.5) is 5.69 Å². The van der Waals surface area contributed by atoms with Gasteiger partial charge in [-0.25, -0.2) is 0 Å². The molecular formula is C21H30N2O4. The molecule has 0 aliphatic heterocycles. The number of benzene rings is 1. The van der Waals surface area contributed by atoms with E-state index in [1.54, 1.807) is 6.07 Å². The quantitative estimate of drug-likeness (QED) is 0.486. The highest BCUT2D eigenvalue weighted by Crippen LogP contribution is 2.19. The molecule has 6 nitrogen and oxygen atoms in total. The van der Waals surface area contributed by atoms with Gasteiger partial charge in [-0.1, -0.05) is 25.0 Å². The number of hydrogen-bond donors (Lipinski definition) is 1. The Morgan fingerprint density at radius 1 is 0.963 bits per heavy atom. The molecule has 0 radical (unpaired) electrons. The normalized spacial score (nSPS) is 18.7. The molecule has 1 aromatic carbocycles. The van der Waals surface area contributed by atoms with E-state index in [9.17, 15) is 20.0 Å². The van der Waals surface area contributed by atoms with E-state index in [0.717, 1.165) is 24.2 Å². The Balaban J connectivity index is 0.000000194. The van der Waals surface area contributed by atoms with Crippen LogP contribution in [0, 0.1) is 10.1 Å². The Kier molecular flexibility index (Phi) is 8.98. The predicted molar refractivity (Wildman–Crippen MR) is 103 cm³/mol. The standard InChI is InChI=1S/C12H23N.C9H7NO4/c1-3-7-11(8-4-1)13-12-9-5-2-6-10-12;11-9(12)6-5-7-3-1-2-4-8(7)10(13)14/h11-13H,1-10H2;1-6H,(H,11,12)/b;6-5+. The molecule has 0 spiro atoms. The number of rotatable bonds is 5. The lowest BCUT2D eigenvalue weighted by Crippen LogP contribution is -2.95. The third-order valence-electron chi connectivity index (χ3n) is 5.38. The van der Waals surface area contributed by atoms with E-state index in [-0.39, 0.29) is 11.3 Å². The zero-order chi connectivity index (χ0) is 19.5. The second-order valence-corrected chi connectivity index (χ2v) is 7.46. The molecule has 2 saturated carbocycles. The Morgan fingerprint density at radius 3 is 1.96 bits per heavy atom. The van der Waals surface area contributed by atoms with Crippen LogP contribution >= 0.6 is 0 Å². The molecule has 0 aromatic heterocycles. The molecular weight excluding hydrogens is 344 g/mol. The number of hydrogen-bond acceptors (Lipinski definition) is 4. The number of nitro benzene ring substituents is 1. The number of carboxylic acids is 1. The van der Waals surface area contributed by atoms with Gasteiger partial charge in [-0.05, 0) is 69.6 Å². The fourth-order valence-electron chi connectivity index (χ4n) is 3.99. The number of carboxylic acid groups (broad SMARTS) is 1. The van der Waals surface area contributed by atoms with E-state index >= 15 is 0 Å². The molecule has 2 fully saturated rings. The molecule has 6 heteroatoms. The summed E-state index contributed by atoms with van der Waals surface area (Å²) in [7, 11) is 0. The van der Waals surface area contributed by atoms with Crippen molar-refractivity contribution in [1.29, 1.82) is 0 Å². The van der Waals surface area contributed by atoms with Crippen molar-refractivity contribution in [1.82, 2.24) is 0 Å². The van der Waals surface area contributed by atoms with Crippen LogP contribution in [0.25, 0.3) is 6.08 Å². The lowest BCUT2D eigenvalue weighted by atomic mass is 9.91. The lowest BCUT2D eigenvalue weighted by molar-refractivity contribution is -0.725. The van der Waals surface area contributed by atoms with E-state index in [2.05, 4.69) is 5.32 Å². The van der Waals surface area contributed by atoms with E-state index < -0.39 is 10.9 Å². The van der Waals surface area contributed by atoms with Gasteiger partial charge in [0.25, 0.3) is 5.69 Å². The van der Waals surface area contributed by atoms with Crippen LogP contribution in [0.3, 0.4) is 0 Å². The summed E-state index contributed by atoms with van der Waals surface area (Å²) in [6, 6.07) is 7.84. The Bertz CT molecular complexity index is 617. The highest BCUT2D eigenvalue weighted by atomic mass is 16.6. The van der Waals surface area contributed by atoms with Gasteiger partial charge in [-0.2, -0.15) is 0 Å². The van der Waals surface area contributed by atoms with Gasteiger partial charge < -0.3 is 15.2 Å². The van der Waals surface area contributed by atoms with Crippen molar-refractivity contribution in [3.63, 3.8) is 0 Å². The molecule has 0 saturated heterocycles. The van der Waals surface area contributed by atoms with Crippen molar-refractivity contribution >= 4 is 17.7 Å². The molecule has 0 amide bonds. The molecule has 148 valence electrons. The van der Waals surface area contributed by atoms with Gasteiger partial charge in [-0.3, -0.25) is 10.1 Å². The fourth-order valence-corrected chi connectivity index (χ4v) is 3.99. The minimum absolute atomic E-state index is 0.134. The average Bonchev–Trinajstić information content (AvgIpc) is 2.68. The molecule has 2 N–H and O–H groups in total. The van der Waals surface area contributed by atoms with Gasteiger partial charge in [0, 0.05) is 6.07 Å². The SMILES string of the molecule is C1CCC([NH2+]C2CCCCC2)CC1.O=C([O-])/C=C/c1ccccc1[N+](=O)[O-]. The van der Waals surface area contributed by atoms with Crippen molar-refractivity contribution in [2.24, 2.45) is 0 Å². The average molecular weight is 374 g/mol. The molecule has 1 aromatic rings. The number of carbonyl (C=O) groups is 1. The third kappa shape index (κ3) is 7.91. The van der Waals surface area contributed by atoms with Crippen LogP contribution in [-0.2, 0) is 4.79 Å². The number of quaternary nitrogens is 1. The number of para-hydroxylation sites is 1. The van der Waals surface area contributed by atoms with Crippen LogP contribution in [0.1, 0.15) is 69.8 Å². The van der Waals surface area contributed by atoms with Crippen LogP contribution in [0.2, 0.25) is 0 Å². The zero-order valence-corrected chi connectivity index (χ0v) is 15.8. The second-order valence-electron chi connectivity index (χ2n) is 7.46. The summed E-state index contributed by atoms with van der Waals surface area (Å²) < 4.78 is 0. The molecule has 0 bridgehead atoms. The Hall–Kier alpha value is -2.21. The maximum Gasteiger partial charge on any atom is 0.276 e. The number of nitrogens with two attached hydrogens (primary N) is 1. The lowest BCUT2D eigenvalue weighted by Gasteiger charge is -2.27. The monoisotopic (exact) mass is 374 g/mol. The maximum absolute atomic E-state index is 10.5. The Morgan fingerprint density at radius 2 is 1.48 bits per heavy atom. The van der Waals surface area contributed by atoms with E-state index in [1.807, 2.05) is 0 Å². The summed E-state index contributed by atoms with van der Waals surface area (Å²) in [5.41, 5.74) is 0.103. The minimum Gasteiger partial charge on any atom is -0.545 e. The van der Waals surface area contributed by atoms with Gasteiger partial charge in [0.2, 0.25) is 0 Å². The zero-order valence-electron chi connectivity index (χ0n) is 15.8. The van der Waals surface area contributed by atoms with Crippen molar-refractivity contribution in [3.8, 4) is 0 Å². The van der Waals surface area contributed by atoms with Crippen molar-refractivity contribution in [2.75, 3.05) is 0 Å². The van der Waals surface area contributed by atoms with Gasteiger partial charge in [-0.15, -0.1) is 0 Å². The number of nitro groups is 1. The van der Waals surface area contributed by atoms with Crippen LogP contribution in [-0.4, -0.2) is 23.0 Å². The second kappa shape index (κ2) is 11.5. The van der Waals surface area contributed by atoms with Gasteiger partial charge >= 0.3 is 0 Å². The van der Waals surface area contributed by atoms with E-state index in [1.165, 1.54) is 82.4 Å². The topological polar surface area (TPSA) is 99.9 Å². The van der Waals surface area contributed by atoms with Crippen LogP contribution < -0.4 is 10.4 Å². The highest BCUT2D eigenvalue weighted by Gasteiger charge is 2.22. The van der Waals surface area contributed by atoms with Crippen molar-refractivity contribution in [2.45, 2.75) is 76.3 Å². The summed E-state index contributed by atoms with van der Waals surface area (Å²) >= 11 is 0. The minimum atomic E-state index is -1.39. The van der Waals surface area contributed by atoms with E-state index in [4.69, 9.17) is 0 Å². The molecule has 0 atom stereocenters. The largest absolute Gasteiger partial charge is 0.545 e. The van der Waals surface area contributed by atoms with Gasteiger partial charge in [0.1, 0.15) is 0 Å². The molecule has 0 unspecified atom stereocenters. The van der Waals surface area contributed by atoms with Crippen LogP contribution in [0.5, 0.6) is 0 Å². The highest BCUT2D eigenvalue weighted by molar-refractivity contribution is 5.84. The first-order valence-electron chi connectivity index (χ1n) is 10.0. The third-order valence-corrected chi connectivity index (χ3v) is 5.38.